The lowest BCUT2D eigenvalue weighted by molar-refractivity contribution is -0.122. The lowest BCUT2D eigenvalue weighted by Gasteiger charge is -2.23. The van der Waals surface area contributed by atoms with Crippen molar-refractivity contribution in [2.75, 3.05) is 20.6 Å². The van der Waals surface area contributed by atoms with E-state index in [1.165, 1.54) is 0 Å². The van der Waals surface area contributed by atoms with E-state index in [9.17, 15) is 9.59 Å². The standard InChI is InChI=1S/C23H28N4O2/c1-17-9-7-12-19-22(17)24-16-27(23(19)29)14-8-13-21(28)25-20(15-26(2)3)18-10-5-4-6-11-18/h4-7,9-12,16,20H,8,13-15H2,1-3H3,(H,25,28)/t20-/m1/s1. The molecular weight excluding hydrogens is 364 g/mol. The molecule has 3 aromatic rings. The normalized spacial score (nSPS) is 12.3. The maximum absolute atomic E-state index is 12.7. The highest BCUT2D eigenvalue weighted by atomic mass is 16.1. The molecule has 1 heterocycles. The summed E-state index contributed by atoms with van der Waals surface area (Å²) in [5, 5.41) is 3.74. The number of carbonyl (C=O) groups excluding carboxylic acids is 1. The van der Waals surface area contributed by atoms with Crippen LogP contribution in [0.1, 0.15) is 30.0 Å². The van der Waals surface area contributed by atoms with Crippen LogP contribution in [0.2, 0.25) is 0 Å². The van der Waals surface area contributed by atoms with Crippen molar-refractivity contribution in [3.05, 3.63) is 76.3 Å². The van der Waals surface area contributed by atoms with Crippen LogP contribution in [-0.4, -0.2) is 41.0 Å². The van der Waals surface area contributed by atoms with E-state index in [-0.39, 0.29) is 17.5 Å². The second-order valence-corrected chi connectivity index (χ2v) is 7.61. The Kier molecular flexibility index (Phi) is 6.77. The molecule has 6 heteroatoms. The van der Waals surface area contributed by atoms with E-state index in [0.717, 1.165) is 23.2 Å². The van der Waals surface area contributed by atoms with E-state index in [0.29, 0.717) is 24.8 Å². The third-order valence-corrected chi connectivity index (χ3v) is 4.94. The quantitative estimate of drug-likeness (QED) is 0.640. The van der Waals surface area contributed by atoms with Crippen LogP contribution in [0, 0.1) is 6.92 Å². The molecule has 0 spiro atoms. The van der Waals surface area contributed by atoms with Crippen LogP contribution >= 0.6 is 0 Å². The van der Waals surface area contributed by atoms with Crippen molar-refractivity contribution in [2.45, 2.75) is 32.4 Å². The van der Waals surface area contributed by atoms with Gasteiger partial charge in [0, 0.05) is 19.5 Å². The van der Waals surface area contributed by atoms with Crippen LogP contribution in [0.3, 0.4) is 0 Å². The molecule has 1 amide bonds. The minimum absolute atomic E-state index is 0.0154. The number of likely N-dealkylation sites (N-methyl/N-ethyl adjacent to an activating group) is 1. The van der Waals surface area contributed by atoms with Crippen molar-refractivity contribution in [3.63, 3.8) is 0 Å². The first-order valence-electron chi connectivity index (χ1n) is 9.89. The molecule has 6 nitrogen and oxygen atoms in total. The van der Waals surface area contributed by atoms with Crippen molar-refractivity contribution in [3.8, 4) is 0 Å². The van der Waals surface area contributed by atoms with Crippen LogP contribution in [0.15, 0.2) is 59.7 Å². The first kappa shape index (κ1) is 20.7. The summed E-state index contributed by atoms with van der Waals surface area (Å²) in [5.74, 6) is -0.0154. The summed E-state index contributed by atoms with van der Waals surface area (Å²) in [4.78, 5) is 31.6. The molecule has 1 atom stereocenters. The Morgan fingerprint density at radius 3 is 2.62 bits per heavy atom. The molecule has 0 saturated heterocycles. The number of aryl methyl sites for hydroxylation is 2. The van der Waals surface area contributed by atoms with Crippen LogP contribution in [0.5, 0.6) is 0 Å². The lowest BCUT2D eigenvalue weighted by Crippen LogP contribution is -2.35. The van der Waals surface area contributed by atoms with E-state index in [4.69, 9.17) is 0 Å². The Balaban J connectivity index is 1.61. The van der Waals surface area contributed by atoms with Gasteiger partial charge in [-0.15, -0.1) is 0 Å². The van der Waals surface area contributed by atoms with E-state index in [1.54, 1.807) is 17.0 Å². The van der Waals surface area contributed by atoms with E-state index in [2.05, 4.69) is 15.2 Å². The van der Waals surface area contributed by atoms with Gasteiger partial charge in [0.1, 0.15) is 0 Å². The zero-order chi connectivity index (χ0) is 20.8. The van der Waals surface area contributed by atoms with E-state index >= 15 is 0 Å². The Hall–Kier alpha value is -2.99. The maximum atomic E-state index is 12.7. The predicted molar refractivity (Wildman–Crippen MR) is 116 cm³/mol. The fourth-order valence-electron chi connectivity index (χ4n) is 3.46. The fourth-order valence-corrected chi connectivity index (χ4v) is 3.46. The van der Waals surface area contributed by atoms with Crippen molar-refractivity contribution in [1.29, 1.82) is 0 Å². The fraction of sp³-hybridized carbons (Fsp3) is 0.348. The average Bonchev–Trinajstić information content (AvgIpc) is 2.70. The van der Waals surface area contributed by atoms with Gasteiger partial charge in [-0.25, -0.2) is 4.98 Å². The van der Waals surface area contributed by atoms with Gasteiger partial charge in [0.05, 0.1) is 23.3 Å². The molecule has 0 unspecified atom stereocenters. The second-order valence-electron chi connectivity index (χ2n) is 7.61. The van der Waals surface area contributed by atoms with Gasteiger partial charge in [-0.1, -0.05) is 42.5 Å². The van der Waals surface area contributed by atoms with Crippen molar-refractivity contribution in [2.24, 2.45) is 0 Å². The molecule has 152 valence electrons. The number of para-hydroxylation sites is 1. The predicted octanol–water partition coefficient (Wildman–Crippen LogP) is 2.90. The maximum Gasteiger partial charge on any atom is 0.261 e. The Bertz CT molecular complexity index is 1030. The smallest absolute Gasteiger partial charge is 0.261 e. The number of nitrogens with zero attached hydrogens (tertiary/aromatic N) is 3. The zero-order valence-corrected chi connectivity index (χ0v) is 17.3. The van der Waals surface area contributed by atoms with Gasteiger partial charge in [0.25, 0.3) is 5.56 Å². The summed E-state index contributed by atoms with van der Waals surface area (Å²) in [5.41, 5.74) is 2.74. The second kappa shape index (κ2) is 9.47. The van der Waals surface area contributed by atoms with Crippen molar-refractivity contribution < 1.29 is 4.79 Å². The van der Waals surface area contributed by atoms with Crippen LogP contribution in [0.25, 0.3) is 10.9 Å². The monoisotopic (exact) mass is 392 g/mol. The number of carbonyl (C=O) groups is 1. The molecule has 0 saturated carbocycles. The molecule has 1 N–H and O–H groups in total. The third kappa shape index (κ3) is 5.29. The minimum atomic E-state index is -0.0632. The SMILES string of the molecule is Cc1cccc2c(=O)n(CCCC(=O)N[C@H](CN(C)C)c3ccccc3)cnc12. The highest BCUT2D eigenvalue weighted by molar-refractivity contribution is 5.80. The number of hydrogen-bond donors (Lipinski definition) is 1. The molecule has 0 radical (unpaired) electrons. The highest BCUT2D eigenvalue weighted by Gasteiger charge is 2.15. The van der Waals surface area contributed by atoms with Crippen LogP contribution in [-0.2, 0) is 11.3 Å². The highest BCUT2D eigenvalue weighted by Crippen LogP contribution is 2.14. The van der Waals surface area contributed by atoms with Crippen molar-refractivity contribution >= 4 is 16.8 Å². The Morgan fingerprint density at radius 1 is 1.14 bits per heavy atom. The van der Waals surface area contributed by atoms with Gasteiger partial charge >= 0.3 is 0 Å². The molecule has 0 aliphatic heterocycles. The first-order chi connectivity index (χ1) is 14.0. The summed E-state index contributed by atoms with van der Waals surface area (Å²) in [6, 6.07) is 15.5. The minimum Gasteiger partial charge on any atom is -0.348 e. The molecule has 29 heavy (non-hydrogen) atoms. The molecule has 0 aliphatic carbocycles. The largest absolute Gasteiger partial charge is 0.348 e. The number of hydrogen-bond acceptors (Lipinski definition) is 4. The lowest BCUT2D eigenvalue weighted by atomic mass is 10.1. The summed E-state index contributed by atoms with van der Waals surface area (Å²) in [7, 11) is 3.98. The topological polar surface area (TPSA) is 67.2 Å². The Labute approximate surface area is 171 Å². The number of amides is 1. The van der Waals surface area contributed by atoms with E-state index in [1.807, 2.05) is 63.5 Å². The van der Waals surface area contributed by atoms with Gasteiger partial charge in [-0.3, -0.25) is 14.2 Å². The van der Waals surface area contributed by atoms with Gasteiger partial charge in [-0.05, 0) is 44.6 Å². The number of fused-ring (bicyclic) bond motifs is 1. The summed E-state index contributed by atoms with van der Waals surface area (Å²) in [6.07, 6.45) is 2.51. The zero-order valence-electron chi connectivity index (χ0n) is 17.3. The van der Waals surface area contributed by atoms with E-state index < -0.39 is 0 Å². The third-order valence-electron chi connectivity index (χ3n) is 4.94. The number of nitrogens with one attached hydrogen (secondary N) is 1. The van der Waals surface area contributed by atoms with Gasteiger partial charge in [0.15, 0.2) is 0 Å². The molecule has 0 aliphatic rings. The summed E-state index contributed by atoms with van der Waals surface area (Å²) >= 11 is 0. The number of benzene rings is 2. The van der Waals surface area contributed by atoms with Crippen LogP contribution < -0.4 is 10.9 Å². The average molecular weight is 393 g/mol. The molecule has 2 aromatic carbocycles. The van der Waals surface area contributed by atoms with Crippen molar-refractivity contribution in [1.82, 2.24) is 19.8 Å². The molecule has 1 aromatic heterocycles. The van der Waals surface area contributed by atoms with Gasteiger partial charge in [0.2, 0.25) is 5.91 Å². The number of rotatable bonds is 8. The molecular formula is C23H28N4O2. The summed E-state index contributed by atoms with van der Waals surface area (Å²) in [6.45, 7) is 3.14. The number of aromatic nitrogens is 2. The first-order valence-corrected chi connectivity index (χ1v) is 9.89. The molecule has 0 fully saturated rings. The van der Waals surface area contributed by atoms with Crippen LogP contribution in [0.4, 0.5) is 0 Å². The summed E-state index contributed by atoms with van der Waals surface area (Å²) < 4.78 is 1.59. The molecule has 3 rings (SSSR count). The Morgan fingerprint density at radius 2 is 1.90 bits per heavy atom. The molecule has 0 bridgehead atoms. The van der Waals surface area contributed by atoms with Gasteiger partial charge in [-0.2, -0.15) is 0 Å². The van der Waals surface area contributed by atoms with Gasteiger partial charge < -0.3 is 10.2 Å².